The van der Waals surface area contributed by atoms with Crippen molar-refractivity contribution in [1.82, 2.24) is 9.80 Å². The van der Waals surface area contributed by atoms with Crippen LogP contribution in [-0.2, 0) is 14.3 Å². The lowest BCUT2D eigenvalue weighted by atomic mass is 9.73. The van der Waals surface area contributed by atoms with Crippen molar-refractivity contribution < 1.29 is 23.5 Å². The zero-order chi connectivity index (χ0) is 25.4. The molecule has 1 aromatic rings. The van der Waals surface area contributed by atoms with E-state index >= 15 is 0 Å². The number of carbonyl (C=O) groups excluding carboxylic acids is 3. The summed E-state index contributed by atoms with van der Waals surface area (Å²) >= 11 is 0. The zero-order valence-corrected chi connectivity index (χ0v) is 21.2. The number of Topliss-reactive ketones (excluding diaryl/α,β-unsaturated/α-hetero) is 1. The average Bonchev–Trinajstić information content (AvgIpc) is 3.45. The highest BCUT2D eigenvalue weighted by Crippen LogP contribution is 2.42. The van der Waals surface area contributed by atoms with E-state index in [9.17, 15) is 18.8 Å². The van der Waals surface area contributed by atoms with Gasteiger partial charge in [-0.25, -0.2) is 4.39 Å². The molecule has 2 N–H and O–H groups in total. The second-order valence-corrected chi connectivity index (χ2v) is 11.0. The molecule has 3 aliphatic heterocycles. The van der Waals surface area contributed by atoms with Crippen LogP contribution in [0.3, 0.4) is 0 Å². The Morgan fingerprint density at radius 3 is 2.53 bits per heavy atom. The number of hydrogen-bond donors (Lipinski definition) is 1. The number of hydrogen-bond acceptors (Lipinski definition) is 5. The quantitative estimate of drug-likeness (QED) is 0.649. The fourth-order valence-electron chi connectivity index (χ4n) is 6.96. The number of primary amides is 1. The van der Waals surface area contributed by atoms with Crippen LogP contribution < -0.4 is 5.73 Å². The molecule has 36 heavy (non-hydrogen) atoms. The SMILES string of the molecule is CCN1CCC(c2ccc(C(N)=O)c([C@@H](C(=O)N3C[C@H](F)[C@H]4OCC(=O)[C@H]43)C3CCCCC3)c2)CC1. The second-order valence-electron chi connectivity index (χ2n) is 11.0. The summed E-state index contributed by atoms with van der Waals surface area (Å²) in [5.41, 5.74) is 7.96. The van der Waals surface area contributed by atoms with Crippen molar-refractivity contribution in [1.29, 1.82) is 0 Å². The summed E-state index contributed by atoms with van der Waals surface area (Å²) in [6, 6.07) is 4.90. The molecule has 1 aliphatic carbocycles. The fourth-order valence-corrected chi connectivity index (χ4v) is 6.96. The molecule has 7 nitrogen and oxygen atoms in total. The topological polar surface area (TPSA) is 92.9 Å². The molecule has 1 aromatic carbocycles. The van der Waals surface area contributed by atoms with Gasteiger partial charge in [0.15, 0.2) is 5.78 Å². The van der Waals surface area contributed by atoms with Crippen molar-refractivity contribution in [3.63, 3.8) is 0 Å². The third-order valence-corrected chi connectivity index (χ3v) is 8.98. The lowest BCUT2D eigenvalue weighted by Gasteiger charge is -2.35. The van der Waals surface area contributed by atoms with Crippen LogP contribution in [0.4, 0.5) is 4.39 Å². The van der Waals surface area contributed by atoms with Crippen LogP contribution in [0.2, 0.25) is 0 Å². The molecule has 0 aromatic heterocycles. The van der Waals surface area contributed by atoms with E-state index in [0.717, 1.165) is 70.1 Å². The Labute approximate surface area is 212 Å². The number of halogens is 1. The maximum Gasteiger partial charge on any atom is 0.249 e. The van der Waals surface area contributed by atoms with Crippen LogP contribution in [-0.4, -0.2) is 78.5 Å². The van der Waals surface area contributed by atoms with Crippen molar-refractivity contribution in [3.05, 3.63) is 34.9 Å². The van der Waals surface area contributed by atoms with Gasteiger partial charge >= 0.3 is 0 Å². The highest BCUT2D eigenvalue weighted by atomic mass is 19.1. The Hall–Kier alpha value is -2.32. The molecule has 4 fully saturated rings. The Balaban J connectivity index is 1.52. The van der Waals surface area contributed by atoms with Crippen molar-refractivity contribution in [2.45, 2.75) is 82.0 Å². The summed E-state index contributed by atoms with van der Waals surface area (Å²) in [5, 5.41) is 0. The van der Waals surface area contributed by atoms with Gasteiger partial charge in [0.25, 0.3) is 0 Å². The van der Waals surface area contributed by atoms with E-state index in [2.05, 4.69) is 11.8 Å². The van der Waals surface area contributed by atoms with Gasteiger partial charge in [-0.2, -0.15) is 0 Å². The third kappa shape index (κ3) is 4.70. The minimum Gasteiger partial charge on any atom is -0.366 e. The van der Waals surface area contributed by atoms with E-state index in [1.807, 2.05) is 12.1 Å². The number of amides is 2. The third-order valence-electron chi connectivity index (χ3n) is 8.98. The van der Waals surface area contributed by atoms with Crippen LogP contribution in [0.25, 0.3) is 0 Å². The summed E-state index contributed by atoms with van der Waals surface area (Å²) < 4.78 is 20.2. The molecule has 4 aliphatic rings. The van der Waals surface area contributed by atoms with Gasteiger partial charge in [-0.3, -0.25) is 14.4 Å². The summed E-state index contributed by atoms with van der Waals surface area (Å²) in [4.78, 5) is 43.2. The van der Waals surface area contributed by atoms with Gasteiger partial charge in [0.2, 0.25) is 11.8 Å². The molecule has 0 bridgehead atoms. The number of alkyl halides is 1. The maximum absolute atomic E-state index is 14.8. The molecule has 0 unspecified atom stereocenters. The number of carbonyl (C=O) groups is 3. The molecule has 196 valence electrons. The van der Waals surface area contributed by atoms with Gasteiger partial charge in [0.1, 0.15) is 24.9 Å². The molecule has 5 rings (SSSR count). The highest BCUT2D eigenvalue weighted by Gasteiger charge is 2.54. The average molecular weight is 500 g/mol. The maximum atomic E-state index is 14.8. The molecule has 3 saturated heterocycles. The normalized spacial score (nSPS) is 28.9. The van der Waals surface area contributed by atoms with Gasteiger partial charge in [0, 0.05) is 5.56 Å². The van der Waals surface area contributed by atoms with E-state index in [1.54, 1.807) is 6.07 Å². The fraction of sp³-hybridized carbons (Fsp3) is 0.679. The van der Waals surface area contributed by atoms with Crippen LogP contribution in [0.1, 0.15) is 85.2 Å². The first-order valence-electron chi connectivity index (χ1n) is 13.6. The molecule has 4 atom stereocenters. The standard InChI is InChI=1S/C28H38FN3O4/c1-2-31-12-10-17(11-13-31)19-8-9-20(27(30)34)21(14-19)24(18-6-4-3-5-7-18)28(35)32-15-22(29)26-25(32)23(33)16-36-26/h8-9,14,17-18,22,24-26H,2-7,10-13,15-16H2,1H3,(H2,30,34)/t22-,24-,25+,26+/m0/s1. The molecular weight excluding hydrogens is 461 g/mol. The van der Waals surface area contributed by atoms with Crippen molar-refractivity contribution in [3.8, 4) is 0 Å². The number of nitrogens with two attached hydrogens (primary N) is 1. The van der Waals surface area contributed by atoms with Gasteiger partial charge in [-0.15, -0.1) is 0 Å². The molecule has 2 amide bonds. The number of rotatable bonds is 6. The lowest BCUT2D eigenvalue weighted by molar-refractivity contribution is -0.139. The van der Waals surface area contributed by atoms with E-state index in [0.29, 0.717) is 17.0 Å². The van der Waals surface area contributed by atoms with Crippen LogP contribution in [0.5, 0.6) is 0 Å². The van der Waals surface area contributed by atoms with Gasteiger partial charge in [-0.1, -0.05) is 38.3 Å². The first kappa shape index (κ1) is 25.3. The molecule has 3 heterocycles. The molecule has 1 saturated carbocycles. The largest absolute Gasteiger partial charge is 0.366 e. The number of likely N-dealkylation sites (tertiary alicyclic amines) is 2. The van der Waals surface area contributed by atoms with Crippen molar-refractivity contribution in [2.24, 2.45) is 11.7 Å². The van der Waals surface area contributed by atoms with Crippen molar-refractivity contribution >= 4 is 17.6 Å². The number of fused-ring (bicyclic) bond motifs is 1. The number of ether oxygens (including phenoxy) is 1. The smallest absolute Gasteiger partial charge is 0.249 e. The van der Waals surface area contributed by atoms with Crippen LogP contribution in [0.15, 0.2) is 18.2 Å². The first-order valence-corrected chi connectivity index (χ1v) is 13.6. The number of ketones is 1. The predicted molar refractivity (Wildman–Crippen MR) is 134 cm³/mol. The molecule has 8 heteroatoms. The van der Waals surface area contributed by atoms with Gasteiger partial charge in [-0.05, 0) is 74.3 Å². The Morgan fingerprint density at radius 1 is 1.14 bits per heavy atom. The predicted octanol–water partition coefficient (Wildman–Crippen LogP) is 3.17. The second kappa shape index (κ2) is 10.6. The number of benzene rings is 1. The highest BCUT2D eigenvalue weighted by molar-refractivity contribution is 5.99. The van der Waals surface area contributed by atoms with Gasteiger partial charge in [0.05, 0.1) is 12.5 Å². The van der Waals surface area contributed by atoms with E-state index in [4.69, 9.17) is 10.5 Å². The van der Waals surface area contributed by atoms with Crippen LogP contribution >= 0.6 is 0 Å². The number of piperidine rings is 1. The monoisotopic (exact) mass is 499 g/mol. The van der Waals surface area contributed by atoms with E-state index in [1.165, 1.54) is 4.90 Å². The van der Waals surface area contributed by atoms with E-state index in [-0.39, 0.29) is 30.8 Å². The number of nitrogens with zero attached hydrogens (tertiary/aromatic N) is 2. The minimum absolute atomic E-state index is 0.0241. The first-order chi connectivity index (χ1) is 17.4. The minimum atomic E-state index is -1.39. The summed E-state index contributed by atoms with van der Waals surface area (Å²) in [6.45, 7) is 4.94. The lowest BCUT2D eigenvalue weighted by Crippen LogP contribution is -2.46. The molecule has 0 radical (unpaired) electrons. The Kier molecular flexibility index (Phi) is 7.45. The molecular formula is C28H38FN3O4. The van der Waals surface area contributed by atoms with Crippen LogP contribution in [0, 0.1) is 5.92 Å². The zero-order valence-electron chi connectivity index (χ0n) is 21.2. The Bertz CT molecular complexity index is 1000. The Morgan fingerprint density at radius 2 is 1.86 bits per heavy atom. The van der Waals surface area contributed by atoms with Crippen molar-refractivity contribution in [2.75, 3.05) is 32.8 Å². The summed E-state index contributed by atoms with van der Waals surface area (Å²) in [5.74, 6) is -1.32. The summed E-state index contributed by atoms with van der Waals surface area (Å²) in [7, 11) is 0. The van der Waals surface area contributed by atoms with E-state index < -0.39 is 30.1 Å². The molecule has 0 spiro atoms. The summed E-state index contributed by atoms with van der Waals surface area (Å²) in [6.07, 6.45) is 4.63. The van der Waals surface area contributed by atoms with Gasteiger partial charge < -0.3 is 20.3 Å².